The molecule has 0 N–H and O–H groups in total. The molecule has 0 atom stereocenters. The number of halogens is 8. The van der Waals surface area contributed by atoms with E-state index in [1.807, 2.05) is 85.4 Å². The van der Waals surface area contributed by atoms with E-state index in [9.17, 15) is 12.9 Å². The Labute approximate surface area is 503 Å². The quantitative estimate of drug-likeness (QED) is 0.0592. The van der Waals surface area contributed by atoms with Crippen molar-refractivity contribution in [2.24, 2.45) is 0 Å². The van der Waals surface area contributed by atoms with Gasteiger partial charge in [0.1, 0.15) is 0 Å². The summed E-state index contributed by atoms with van der Waals surface area (Å²) in [5.74, 6) is 1.70. The molecule has 8 rings (SSSR count). The summed E-state index contributed by atoms with van der Waals surface area (Å²) in [5, 5.41) is 0. The van der Waals surface area contributed by atoms with Crippen LogP contribution in [0.5, 0.6) is 11.5 Å². The van der Waals surface area contributed by atoms with Crippen molar-refractivity contribution in [2.75, 3.05) is 29.4 Å². The molecule has 0 saturated carbocycles. The number of benzene rings is 6. The topological polar surface area (TPSA) is 31.0 Å². The molecule has 80 heavy (non-hydrogen) atoms. The Morgan fingerprint density at radius 1 is 0.525 bits per heavy atom. The molecule has 6 aromatic rings. The number of hydrogen-bond donors (Lipinski definition) is 0. The van der Waals surface area contributed by atoms with Gasteiger partial charge in [0.2, 0.25) is 24.1 Å². The van der Waals surface area contributed by atoms with E-state index in [1.165, 1.54) is 89.5 Å². The fourth-order valence-corrected chi connectivity index (χ4v) is 13.6. The molecular formula is C63H80BCl4F4N4O2Ru2-. The number of ether oxygens (including phenoxy) is 2. The van der Waals surface area contributed by atoms with Crippen molar-refractivity contribution in [1.29, 1.82) is 0 Å². The first kappa shape index (κ1) is 71.9. The fraction of sp³-hybridized carbons (Fsp3) is 0.333. The monoisotopic (exact) mass is 1360 g/mol. The van der Waals surface area contributed by atoms with Gasteiger partial charge in [-0.1, -0.05) is 46.5 Å². The van der Waals surface area contributed by atoms with Crippen LogP contribution in [0.25, 0.3) is 0 Å². The van der Waals surface area contributed by atoms with Crippen LogP contribution < -0.4 is 24.0 Å². The summed E-state index contributed by atoms with van der Waals surface area (Å²) in [6, 6.07) is 33.7. The van der Waals surface area contributed by atoms with E-state index in [1.54, 1.807) is 0 Å². The van der Waals surface area contributed by atoms with E-state index in [4.69, 9.17) is 48.2 Å². The van der Waals surface area contributed by atoms with Crippen LogP contribution in [0.3, 0.4) is 0 Å². The number of nitrogens with zero attached hydrogens (tertiary/aromatic N) is 4. The van der Waals surface area contributed by atoms with Crippen LogP contribution >= 0.6 is 38.8 Å². The van der Waals surface area contributed by atoms with Gasteiger partial charge in [0.25, 0.3) is 0 Å². The standard InChI is InChI=1S/C21H27N2.C21H26N2.2C10H12O.CH3.BF3.4ClH.FH.2Ru/c2*1-14-9-16(3)20(17(4)10-14)22-7-8-23(13-22)21-18(5)11-15(2)12-19(21)6;2*1-8(2)11-10-7-5-4-6-9(10)3;;2-1(3)4;;;;;;;/h9-13H,7-8H2,1-6H3;7,9-13H,8H2,1-6H3;2*3-8H,1-2H3;1H3;;5*1H;;/q-1;+2;;;-1;;;;;;;2*+2/p-5. The Hall–Kier alpha value is -4.21. The normalized spacial score (nSPS) is 12.6. The van der Waals surface area contributed by atoms with E-state index >= 15 is 0 Å². The summed E-state index contributed by atoms with van der Waals surface area (Å²) in [4.78, 5) is 4.81. The molecule has 6 nitrogen and oxygen atoms in total. The molecule has 1 saturated heterocycles. The minimum absolute atomic E-state index is 0. The second-order valence-corrected chi connectivity index (χ2v) is 31.6. The largest absolute Gasteiger partial charge is 1.00 e. The zero-order chi connectivity index (χ0) is 58.1. The number of anilines is 2. The van der Waals surface area contributed by atoms with E-state index in [0.29, 0.717) is 0 Å². The van der Waals surface area contributed by atoms with Gasteiger partial charge in [-0.25, -0.2) is 0 Å². The summed E-state index contributed by atoms with van der Waals surface area (Å²) in [6.07, 6.45) is 4.82. The van der Waals surface area contributed by atoms with Gasteiger partial charge in [0.15, 0.2) is 0 Å². The van der Waals surface area contributed by atoms with Gasteiger partial charge >= 0.3 is 209 Å². The van der Waals surface area contributed by atoms with Crippen molar-refractivity contribution >= 4 is 90.8 Å². The molecule has 1 fully saturated rings. The van der Waals surface area contributed by atoms with E-state index in [0.717, 1.165) is 42.3 Å². The van der Waals surface area contributed by atoms with Crippen molar-refractivity contribution < 1.29 is 63.3 Å². The van der Waals surface area contributed by atoms with Crippen molar-refractivity contribution in [3.63, 3.8) is 0 Å². The first-order valence-electron chi connectivity index (χ1n) is 25.7. The average molecular weight is 1360 g/mol. The van der Waals surface area contributed by atoms with Crippen molar-refractivity contribution in [1.82, 2.24) is 0 Å². The van der Waals surface area contributed by atoms with Crippen LogP contribution in [0.15, 0.2) is 97.1 Å². The maximum atomic E-state index is 9.67. The maximum Gasteiger partial charge on any atom is 0.762 e. The zero-order valence-corrected chi connectivity index (χ0v) is 55.8. The van der Waals surface area contributed by atoms with Gasteiger partial charge in [-0.15, -0.1) is 9.15 Å². The Morgan fingerprint density at radius 3 is 1.14 bits per heavy atom. The summed E-state index contributed by atoms with van der Waals surface area (Å²) in [7, 11) is 19.6. The van der Waals surface area contributed by atoms with E-state index in [2.05, 4.69) is 170 Å². The summed E-state index contributed by atoms with van der Waals surface area (Å²) in [5.41, 5.74) is 23.4. The molecule has 6 aromatic carbocycles. The number of para-hydroxylation sites is 2. The molecular weight excluding hydrogens is 1280 g/mol. The molecule has 0 aromatic heterocycles. The number of hydrogen-bond acceptors (Lipinski definition) is 4. The summed E-state index contributed by atoms with van der Waals surface area (Å²) in [6.45, 7) is 39.6. The van der Waals surface area contributed by atoms with Crippen LogP contribution in [0.4, 0.5) is 35.7 Å². The van der Waals surface area contributed by atoms with Crippen LogP contribution in [0.1, 0.15) is 106 Å². The number of aryl methyl sites for hydroxylation is 12. The van der Waals surface area contributed by atoms with Crippen LogP contribution in [-0.4, -0.2) is 70.3 Å². The van der Waals surface area contributed by atoms with Gasteiger partial charge in [-0.3, -0.25) is 12.9 Å². The first-order chi connectivity index (χ1) is 36.6. The third-order valence-electron chi connectivity index (χ3n) is 12.2. The molecule has 0 unspecified atom stereocenters. The van der Waals surface area contributed by atoms with Crippen LogP contribution in [0, 0.1) is 97.2 Å². The van der Waals surface area contributed by atoms with Gasteiger partial charge in [-0.05, 0) is 130 Å². The Balaban J connectivity index is 0.000000362. The third kappa shape index (κ3) is 22.5. The smallest absolute Gasteiger partial charge is 0.762 e. The third-order valence-corrected chi connectivity index (χ3v) is 15.9. The predicted molar refractivity (Wildman–Crippen MR) is 332 cm³/mol. The molecule has 0 radical (unpaired) electrons. The predicted octanol–water partition coefficient (Wildman–Crippen LogP) is 15.1. The Kier molecular flexibility index (Phi) is 30.9. The molecule has 0 bridgehead atoms. The zero-order valence-electron chi connectivity index (χ0n) is 49.3. The van der Waals surface area contributed by atoms with E-state index in [-0.39, 0.29) is 24.3 Å². The van der Waals surface area contributed by atoms with Crippen LogP contribution in [-0.2, 0) is 27.0 Å². The summed E-state index contributed by atoms with van der Waals surface area (Å²) < 4.78 is 48.7. The van der Waals surface area contributed by atoms with Gasteiger partial charge < -0.3 is 21.9 Å². The average Bonchev–Trinajstić information content (AvgIpc) is 3.97. The Morgan fingerprint density at radius 2 is 0.825 bits per heavy atom. The molecule has 2 aliphatic rings. The second-order valence-electron chi connectivity index (χ2n) is 20.1. The summed E-state index contributed by atoms with van der Waals surface area (Å²) >= 11 is -3.54. The van der Waals surface area contributed by atoms with Crippen molar-refractivity contribution in [3.05, 3.63) is 189 Å². The molecule has 2 aliphatic heterocycles. The molecule has 440 valence electrons. The van der Waals surface area contributed by atoms with Gasteiger partial charge in [0, 0.05) is 46.7 Å². The van der Waals surface area contributed by atoms with Gasteiger partial charge in [-0.2, -0.15) is 6.67 Å². The molecule has 2 heterocycles. The van der Waals surface area contributed by atoms with Gasteiger partial charge in [0.05, 0.1) is 0 Å². The molecule has 0 aliphatic carbocycles. The Bertz CT molecular complexity index is 2920. The minimum Gasteiger partial charge on any atom is -1.00 e. The van der Waals surface area contributed by atoms with Crippen molar-refractivity contribution in [3.8, 4) is 11.5 Å². The SMILES string of the molecule is CC(C)Oc1ccccc1[CH]=[Ru]([Cl])[Cl].CC(C)Oc1ccccc1[CH]=[Ru]([Cl])[Cl].Cc1cc(C)c(N2[CH-]N(c3c(C)cc(C)cc3C)CC2)c(C)c1.Cc1cc(C)c([N+]2=CC[N+](c3c(C)cc(C)cc3C)=C2)c(C)c1.FB(F)F.[CH3-].[F-]. The molecule has 0 spiro atoms. The first-order valence-corrected chi connectivity index (χ1v) is 36.6. The number of rotatable bonds is 10. The van der Waals surface area contributed by atoms with E-state index < -0.39 is 34.6 Å². The molecule has 17 heteroatoms. The second kappa shape index (κ2) is 34.4. The minimum atomic E-state index is -3.67. The van der Waals surface area contributed by atoms with Crippen molar-refractivity contribution in [2.45, 2.75) is 123 Å². The fourth-order valence-electron chi connectivity index (χ4n) is 10.0. The molecule has 0 amide bonds. The van der Waals surface area contributed by atoms with Crippen LogP contribution in [0.2, 0.25) is 0 Å². The maximum absolute atomic E-state index is 9.67.